The summed E-state index contributed by atoms with van der Waals surface area (Å²) in [6, 6.07) is 16.1. The average Bonchev–Trinajstić information content (AvgIpc) is 2.88. The first-order chi connectivity index (χ1) is 13.1. The highest BCUT2D eigenvalue weighted by Gasteiger charge is 2.30. The molecule has 0 radical (unpaired) electrons. The van der Waals surface area contributed by atoms with Gasteiger partial charge in [0.25, 0.3) is 0 Å². The van der Waals surface area contributed by atoms with E-state index >= 15 is 0 Å². The maximum atomic E-state index is 12.4. The maximum Gasteiger partial charge on any atom is 0.235 e. The Bertz CT molecular complexity index is 995. The highest BCUT2D eigenvalue weighted by molar-refractivity contribution is 8.00. The van der Waals surface area contributed by atoms with Gasteiger partial charge in [0.05, 0.1) is 29.5 Å². The van der Waals surface area contributed by atoms with Crippen molar-refractivity contribution in [2.45, 2.75) is 19.1 Å². The Morgan fingerprint density at radius 2 is 1.89 bits per heavy atom. The summed E-state index contributed by atoms with van der Waals surface area (Å²) in [5.41, 5.74) is 5.19. The summed E-state index contributed by atoms with van der Waals surface area (Å²) < 4.78 is 7.14. The van der Waals surface area contributed by atoms with Crippen LogP contribution in [-0.4, -0.2) is 28.6 Å². The SMILES string of the molecule is COc1ccc([C@@H]2SCC(=O)Nc3c2c(C)nn3-c2ccccc2C)cc1. The Morgan fingerprint density at radius 3 is 2.59 bits per heavy atom. The molecule has 6 heteroatoms. The second-order valence-corrected chi connectivity index (χ2v) is 7.65. The van der Waals surface area contributed by atoms with E-state index in [4.69, 9.17) is 9.84 Å². The van der Waals surface area contributed by atoms with Crippen LogP contribution in [0.25, 0.3) is 5.69 Å². The van der Waals surface area contributed by atoms with Crippen LogP contribution < -0.4 is 10.1 Å². The van der Waals surface area contributed by atoms with Crippen LogP contribution in [0.3, 0.4) is 0 Å². The Labute approximate surface area is 162 Å². The third kappa shape index (κ3) is 3.21. The molecule has 1 atom stereocenters. The number of para-hydroxylation sites is 1. The molecule has 1 aliphatic rings. The molecule has 4 rings (SSSR count). The number of hydrogen-bond acceptors (Lipinski definition) is 4. The molecule has 0 saturated heterocycles. The van der Waals surface area contributed by atoms with Crippen LogP contribution in [0.2, 0.25) is 0 Å². The van der Waals surface area contributed by atoms with Crippen molar-refractivity contribution in [3.63, 3.8) is 0 Å². The lowest BCUT2D eigenvalue weighted by Crippen LogP contribution is -2.16. The quantitative estimate of drug-likeness (QED) is 0.738. The molecule has 2 heterocycles. The Morgan fingerprint density at radius 1 is 1.15 bits per heavy atom. The molecule has 1 aliphatic heterocycles. The highest BCUT2D eigenvalue weighted by atomic mass is 32.2. The number of anilines is 1. The van der Waals surface area contributed by atoms with Gasteiger partial charge in [-0.3, -0.25) is 4.79 Å². The smallest absolute Gasteiger partial charge is 0.235 e. The van der Waals surface area contributed by atoms with Gasteiger partial charge in [-0.25, -0.2) is 4.68 Å². The monoisotopic (exact) mass is 379 g/mol. The summed E-state index contributed by atoms with van der Waals surface area (Å²) in [6.07, 6.45) is 0. The molecular weight excluding hydrogens is 358 g/mol. The molecule has 27 heavy (non-hydrogen) atoms. The maximum absolute atomic E-state index is 12.4. The van der Waals surface area contributed by atoms with E-state index in [1.54, 1.807) is 18.9 Å². The lowest BCUT2D eigenvalue weighted by atomic mass is 10.0. The van der Waals surface area contributed by atoms with E-state index in [9.17, 15) is 4.79 Å². The molecule has 0 aliphatic carbocycles. The fraction of sp³-hybridized carbons (Fsp3) is 0.238. The zero-order valence-electron chi connectivity index (χ0n) is 15.5. The number of methoxy groups -OCH3 is 1. The average molecular weight is 379 g/mol. The number of nitrogens with one attached hydrogen (secondary N) is 1. The zero-order chi connectivity index (χ0) is 19.0. The van der Waals surface area contributed by atoms with Crippen LogP contribution in [0.4, 0.5) is 5.82 Å². The Balaban J connectivity index is 1.87. The van der Waals surface area contributed by atoms with Crippen molar-refractivity contribution in [2.75, 3.05) is 18.2 Å². The molecule has 0 unspecified atom stereocenters. The van der Waals surface area contributed by atoms with E-state index in [2.05, 4.69) is 17.4 Å². The highest BCUT2D eigenvalue weighted by Crippen LogP contribution is 2.44. The molecule has 5 nitrogen and oxygen atoms in total. The summed E-state index contributed by atoms with van der Waals surface area (Å²) in [7, 11) is 1.66. The van der Waals surface area contributed by atoms with E-state index in [1.165, 1.54) is 0 Å². The predicted molar refractivity (Wildman–Crippen MR) is 109 cm³/mol. The standard InChI is InChI=1S/C21H21N3O2S/c1-13-6-4-5-7-17(13)24-21-19(14(2)23-24)20(27-12-18(25)22-21)15-8-10-16(26-3)11-9-15/h4-11,20H,12H2,1-3H3,(H,22,25)/t20-/m0/s1. The van der Waals surface area contributed by atoms with E-state index < -0.39 is 0 Å². The summed E-state index contributed by atoms with van der Waals surface area (Å²) in [4.78, 5) is 12.4. The summed E-state index contributed by atoms with van der Waals surface area (Å²) in [5.74, 6) is 1.97. The second-order valence-electron chi connectivity index (χ2n) is 6.56. The molecule has 0 fully saturated rings. The number of benzene rings is 2. The Hall–Kier alpha value is -2.73. The van der Waals surface area contributed by atoms with E-state index in [0.29, 0.717) is 5.75 Å². The second kappa shape index (κ2) is 7.12. The van der Waals surface area contributed by atoms with Crippen LogP contribution in [0.1, 0.15) is 27.6 Å². The van der Waals surface area contributed by atoms with Crippen molar-refractivity contribution in [3.05, 3.63) is 70.9 Å². The van der Waals surface area contributed by atoms with Crippen molar-refractivity contribution in [2.24, 2.45) is 0 Å². The fourth-order valence-corrected chi connectivity index (χ4v) is 4.59. The number of aryl methyl sites for hydroxylation is 2. The molecule has 138 valence electrons. The zero-order valence-corrected chi connectivity index (χ0v) is 16.3. The van der Waals surface area contributed by atoms with E-state index in [0.717, 1.165) is 39.6 Å². The minimum Gasteiger partial charge on any atom is -0.497 e. The van der Waals surface area contributed by atoms with Gasteiger partial charge in [-0.15, -0.1) is 11.8 Å². The van der Waals surface area contributed by atoms with Crippen molar-refractivity contribution >= 4 is 23.5 Å². The lowest BCUT2D eigenvalue weighted by Gasteiger charge is -2.16. The third-order valence-electron chi connectivity index (χ3n) is 4.77. The van der Waals surface area contributed by atoms with Crippen LogP contribution in [0.5, 0.6) is 5.75 Å². The van der Waals surface area contributed by atoms with E-state index in [-0.39, 0.29) is 11.2 Å². The minimum atomic E-state index is -0.00741. The number of amides is 1. The molecule has 1 aromatic heterocycles. The molecule has 0 saturated carbocycles. The van der Waals surface area contributed by atoms with Gasteiger partial charge in [0.2, 0.25) is 5.91 Å². The van der Waals surface area contributed by atoms with Gasteiger partial charge < -0.3 is 10.1 Å². The fourth-order valence-electron chi connectivity index (χ4n) is 3.40. The molecule has 0 bridgehead atoms. The molecule has 1 N–H and O–H groups in total. The summed E-state index contributed by atoms with van der Waals surface area (Å²) in [6.45, 7) is 4.05. The molecule has 0 spiro atoms. The first kappa shape index (κ1) is 17.7. The first-order valence-corrected chi connectivity index (χ1v) is 9.84. The topological polar surface area (TPSA) is 56.1 Å². The van der Waals surface area contributed by atoms with Gasteiger partial charge in [0.1, 0.15) is 11.6 Å². The molecule has 2 aromatic carbocycles. The van der Waals surface area contributed by atoms with Crippen LogP contribution >= 0.6 is 11.8 Å². The van der Waals surface area contributed by atoms with Gasteiger partial charge in [-0.05, 0) is 43.2 Å². The van der Waals surface area contributed by atoms with Crippen molar-refractivity contribution in [1.82, 2.24) is 9.78 Å². The number of carbonyl (C=O) groups is 1. The van der Waals surface area contributed by atoms with Crippen LogP contribution in [0, 0.1) is 13.8 Å². The predicted octanol–water partition coefficient (Wildman–Crippen LogP) is 4.27. The normalized spacial score (nSPS) is 16.4. The van der Waals surface area contributed by atoms with Gasteiger partial charge in [0.15, 0.2) is 0 Å². The van der Waals surface area contributed by atoms with E-state index in [1.807, 2.05) is 54.9 Å². The summed E-state index contributed by atoms with van der Waals surface area (Å²) >= 11 is 1.62. The first-order valence-electron chi connectivity index (χ1n) is 8.79. The molecule has 1 amide bonds. The number of rotatable bonds is 3. The Kier molecular flexibility index (Phi) is 4.66. The van der Waals surface area contributed by atoms with Gasteiger partial charge in [-0.2, -0.15) is 5.10 Å². The van der Waals surface area contributed by atoms with Gasteiger partial charge in [-0.1, -0.05) is 30.3 Å². The molecular formula is C21H21N3O2S. The number of carbonyl (C=O) groups excluding carboxylic acids is 1. The number of thioether (sulfide) groups is 1. The lowest BCUT2D eigenvalue weighted by molar-refractivity contribution is -0.113. The van der Waals surface area contributed by atoms with Crippen molar-refractivity contribution < 1.29 is 9.53 Å². The summed E-state index contributed by atoms with van der Waals surface area (Å²) in [5, 5.41) is 7.88. The van der Waals surface area contributed by atoms with Crippen LogP contribution in [0.15, 0.2) is 48.5 Å². The number of nitrogens with zero attached hydrogens (tertiary/aromatic N) is 2. The van der Waals surface area contributed by atoms with Gasteiger partial charge in [0, 0.05) is 5.56 Å². The number of fused-ring (bicyclic) bond motifs is 1. The van der Waals surface area contributed by atoms with Crippen LogP contribution in [-0.2, 0) is 4.79 Å². The van der Waals surface area contributed by atoms with Gasteiger partial charge >= 0.3 is 0 Å². The number of hydrogen-bond donors (Lipinski definition) is 1. The number of ether oxygens (including phenoxy) is 1. The van der Waals surface area contributed by atoms with Crippen molar-refractivity contribution in [3.8, 4) is 11.4 Å². The number of aromatic nitrogens is 2. The largest absolute Gasteiger partial charge is 0.497 e. The minimum absolute atomic E-state index is 0.00741. The van der Waals surface area contributed by atoms with Crippen molar-refractivity contribution in [1.29, 1.82) is 0 Å². The molecule has 3 aromatic rings. The third-order valence-corrected chi connectivity index (χ3v) is 6.04.